The van der Waals surface area contributed by atoms with Crippen LogP contribution >= 0.6 is 22.9 Å². The molecule has 164 valence electrons. The minimum absolute atomic E-state index is 0.0649. The quantitative estimate of drug-likeness (QED) is 0.418. The van der Waals surface area contributed by atoms with Crippen LogP contribution in [0.3, 0.4) is 0 Å². The Labute approximate surface area is 192 Å². The van der Waals surface area contributed by atoms with Gasteiger partial charge in [-0.05, 0) is 37.6 Å². The van der Waals surface area contributed by atoms with Crippen molar-refractivity contribution in [2.75, 3.05) is 18.5 Å². The summed E-state index contributed by atoms with van der Waals surface area (Å²) in [5, 5.41) is 7.33. The van der Waals surface area contributed by atoms with Crippen LogP contribution < -0.4 is 15.4 Å². The Kier molecular flexibility index (Phi) is 5.50. The molecule has 11 heteroatoms. The van der Waals surface area contributed by atoms with Crippen LogP contribution in [0, 0.1) is 0 Å². The van der Waals surface area contributed by atoms with Gasteiger partial charge in [0, 0.05) is 35.5 Å². The molecule has 4 aromatic rings. The summed E-state index contributed by atoms with van der Waals surface area (Å²) in [4.78, 5) is 30.5. The lowest BCUT2D eigenvalue weighted by atomic mass is 10.1. The van der Waals surface area contributed by atoms with Crippen molar-refractivity contribution in [2.24, 2.45) is 0 Å². The molecular formula is C21H19ClN6O3S. The molecule has 3 aromatic heterocycles. The molecule has 1 aliphatic rings. The molecule has 0 fully saturated rings. The van der Waals surface area contributed by atoms with Crippen molar-refractivity contribution in [2.45, 2.75) is 26.5 Å². The first-order chi connectivity index (χ1) is 15.5. The van der Waals surface area contributed by atoms with Gasteiger partial charge >= 0.3 is 0 Å². The number of amides is 1. The van der Waals surface area contributed by atoms with E-state index < -0.39 is 0 Å². The third-order valence-corrected chi connectivity index (χ3v) is 6.30. The fraction of sp³-hybridized carbons (Fsp3) is 0.286. The summed E-state index contributed by atoms with van der Waals surface area (Å²) in [7, 11) is 0. The summed E-state index contributed by atoms with van der Waals surface area (Å²) < 4.78 is 12.3. The normalized spacial score (nSPS) is 15.8. The lowest BCUT2D eigenvalue weighted by molar-refractivity contribution is 0.0959. The number of hydrogen-bond acceptors (Lipinski definition) is 9. The van der Waals surface area contributed by atoms with Gasteiger partial charge in [-0.2, -0.15) is 4.98 Å². The van der Waals surface area contributed by atoms with E-state index in [0.717, 1.165) is 15.8 Å². The number of nitrogens with zero attached hydrogens (tertiary/aromatic N) is 4. The highest BCUT2D eigenvalue weighted by Crippen LogP contribution is 2.40. The lowest BCUT2D eigenvalue weighted by Gasteiger charge is -2.12. The zero-order valence-corrected chi connectivity index (χ0v) is 18.9. The number of hydrogen-bond donors (Lipinski definition) is 2. The second kappa shape index (κ2) is 8.45. The molecule has 1 aliphatic heterocycles. The van der Waals surface area contributed by atoms with Gasteiger partial charge in [0.25, 0.3) is 5.91 Å². The molecule has 1 aromatic carbocycles. The number of thiophene rings is 1. The van der Waals surface area contributed by atoms with Crippen molar-refractivity contribution in [1.82, 2.24) is 25.3 Å². The SMILES string of the molecule is CCOCc1cnc(Cl)nc1Oc1cnc2c(ccc3sc4c(c32)NC(C)CNC4=O)n1. The standard InChI is InChI=1S/C21H19ClN6O3S/c1-3-30-9-11-7-25-21(22)28-20(11)31-14-8-23-16-12(27-14)4-5-13-15(16)17-18(32-13)19(29)24-6-10(2)26-17/h4-5,7-8,10,26H,3,6,9H2,1-2H3,(H,24,29). The van der Waals surface area contributed by atoms with Gasteiger partial charge < -0.3 is 20.1 Å². The Balaban J connectivity index is 1.57. The lowest BCUT2D eigenvalue weighted by Crippen LogP contribution is -2.30. The van der Waals surface area contributed by atoms with E-state index in [2.05, 4.69) is 30.6 Å². The van der Waals surface area contributed by atoms with E-state index >= 15 is 0 Å². The molecule has 5 rings (SSSR count). The maximum absolute atomic E-state index is 12.5. The highest BCUT2D eigenvalue weighted by molar-refractivity contribution is 7.21. The fourth-order valence-electron chi connectivity index (χ4n) is 3.49. The Hall–Kier alpha value is -3.08. The zero-order chi connectivity index (χ0) is 22.2. The molecule has 1 unspecified atom stereocenters. The first kappa shape index (κ1) is 20.8. The fourth-order valence-corrected chi connectivity index (χ4v) is 4.70. The van der Waals surface area contributed by atoms with E-state index in [0.29, 0.717) is 34.6 Å². The summed E-state index contributed by atoms with van der Waals surface area (Å²) in [6.07, 6.45) is 3.10. The first-order valence-electron chi connectivity index (χ1n) is 10.1. The molecule has 0 saturated carbocycles. The number of aromatic nitrogens is 4. The second-order valence-electron chi connectivity index (χ2n) is 7.28. The van der Waals surface area contributed by atoms with Crippen molar-refractivity contribution in [3.05, 3.63) is 40.3 Å². The molecule has 2 N–H and O–H groups in total. The number of nitrogens with one attached hydrogen (secondary N) is 2. The smallest absolute Gasteiger partial charge is 0.263 e. The number of anilines is 1. The summed E-state index contributed by atoms with van der Waals surface area (Å²) >= 11 is 7.39. The Morgan fingerprint density at radius 2 is 2.12 bits per heavy atom. The van der Waals surface area contributed by atoms with Crippen molar-refractivity contribution < 1.29 is 14.3 Å². The van der Waals surface area contributed by atoms with E-state index in [1.807, 2.05) is 26.0 Å². The van der Waals surface area contributed by atoms with E-state index in [9.17, 15) is 4.79 Å². The summed E-state index contributed by atoms with van der Waals surface area (Å²) in [6.45, 7) is 5.31. The maximum atomic E-state index is 12.5. The van der Waals surface area contributed by atoms with Crippen molar-refractivity contribution >= 4 is 55.7 Å². The van der Waals surface area contributed by atoms with E-state index in [1.165, 1.54) is 17.5 Å². The van der Waals surface area contributed by atoms with Crippen LogP contribution in [0.1, 0.15) is 29.1 Å². The topological polar surface area (TPSA) is 111 Å². The largest absolute Gasteiger partial charge is 0.418 e. The van der Waals surface area contributed by atoms with Crippen LogP contribution in [0.5, 0.6) is 11.8 Å². The molecule has 32 heavy (non-hydrogen) atoms. The number of carbonyl (C=O) groups excluding carboxylic acids is 1. The van der Waals surface area contributed by atoms with Crippen LogP contribution in [0.4, 0.5) is 5.69 Å². The van der Waals surface area contributed by atoms with Crippen molar-refractivity contribution in [3.63, 3.8) is 0 Å². The van der Waals surface area contributed by atoms with Gasteiger partial charge in [0.1, 0.15) is 4.88 Å². The predicted molar refractivity (Wildman–Crippen MR) is 123 cm³/mol. The average molecular weight is 471 g/mol. The summed E-state index contributed by atoms with van der Waals surface area (Å²) in [5.74, 6) is 0.455. The molecule has 4 heterocycles. The van der Waals surface area contributed by atoms with Gasteiger partial charge in [-0.15, -0.1) is 11.3 Å². The predicted octanol–water partition coefficient (Wildman–Crippen LogP) is 4.16. The molecule has 9 nitrogen and oxygen atoms in total. The maximum Gasteiger partial charge on any atom is 0.263 e. The van der Waals surface area contributed by atoms with Gasteiger partial charge in [0.15, 0.2) is 0 Å². The van der Waals surface area contributed by atoms with Crippen LogP contribution in [0.15, 0.2) is 24.5 Å². The second-order valence-corrected chi connectivity index (χ2v) is 8.68. The number of rotatable bonds is 5. The van der Waals surface area contributed by atoms with E-state index in [-0.39, 0.29) is 35.6 Å². The zero-order valence-electron chi connectivity index (χ0n) is 17.3. The van der Waals surface area contributed by atoms with E-state index in [1.54, 1.807) is 6.20 Å². The molecule has 0 saturated heterocycles. The minimum atomic E-state index is -0.0819. The molecule has 1 atom stereocenters. The van der Waals surface area contributed by atoms with Gasteiger partial charge in [-0.25, -0.2) is 15.0 Å². The Bertz CT molecular complexity index is 1340. The number of benzene rings is 1. The van der Waals surface area contributed by atoms with Crippen LogP contribution in [0.2, 0.25) is 5.28 Å². The van der Waals surface area contributed by atoms with Crippen LogP contribution in [0.25, 0.3) is 21.1 Å². The van der Waals surface area contributed by atoms with Gasteiger partial charge in [-0.3, -0.25) is 4.79 Å². The Morgan fingerprint density at radius 3 is 2.97 bits per heavy atom. The molecular weight excluding hydrogens is 452 g/mol. The number of fused-ring (bicyclic) bond motifs is 5. The third kappa shape index (κ3) is 3.81. The summed E-state index contributed by atoms with van der Waals surface area (Å²) in [6, 6.07) is 3.90. The van der Waals surface area contributed by atoms with Crippen LogP contribution in [-0.4, -0.2) is 45.0 Å². The highest BCUT2D eigenvalue weighted by atomic mass is 35.5. The molecule has 0 bridgehead atoms. The minimum Gasteiger partial charge on any atom is -0.418 e. The molecule has 0 radical (unpaired) electrons. The first-order valence-corrected chi connectivity index (χ1v) is 11.3. The Morgan fingerprint density at radius 1 is 1.25 bits per heavy atom. The van der Waals surface area contributed by atoms with Crippen molar-refractivity contribution in [3.8, 4) is 11.8 Å². The number of halogens is 1. The average Bonchev–Trinajstić information content (AvgIpc) is 3.09. The monoisotopic (exact) mass is 470 g/mol. The molecule has 0 aliphatic carbocycles. The van der Waals surface area contributed by atoms with Gasteiger partial charge in [-0.1, -0.05) is 0 Å². The molecule has 0 spiro atoms. The van der Waals surface area contributed by atoms with E-state index in [4.69, 9.17) is 21.1 Å². The number of ether oxygens (including phenoxy) is 2. The third-order valence-electron chi connectivity index (χ3n) is 4.97. The molecule has 1 amide bonds. The highest BCUT2D eigenvalue weighted by Gasteiger charge is 2.25. The number of carbonyl (C=O) groups is 1. The summed E-state index contributed by atoms with van der Waals surface area (Å²) in [5.41, 5.74) is 2.78. The van der Waals surface area contributed by atoms with Crippen molar-refractivity contribution in [1.29, 1.82) is 0 Å². The van der Waals surface area contributed by atoms with Gasteiger partial charge in [0.05, 0.1) is 35.1 Å². The van der Waals surface area contributed by atoms with Crippen LogP contribution in [-0.2, 0) is 11.3 Å². The van der Waals surface area contributed by atoms with Gasteiger partial charge in [0.2, 0.25) is 17.0 Å².